The zero-order valence-electron chi connectivity index (χ0n) is 14.6. The Hall–Kier alpha value is -0.860. The summed E-state index contributed by atoms with van der Waals surface area (Å²) >= 11 is 0. The van der Waals surface area contributed by atoms with E-state index in [0.29, 0.717) is 0 Å². The molecule has 1 heterocycles. The molecule has 0 atom stereocenters. The highest BCUT2D eigenvalue weighted by Gasteiger charge is 2.08. The first kappa shape index (κ1) is 18.2. The van der Waals surface area contributed by atoms with Crippen molar-refractivity contribution in [1.82, 2.24) is 15.0 Å². The van der Waals surface area contributed by atoms with E-state index in [9.17, 15) is 0 Å². The standard InChI is InChI=1S/C18H35N3/c1-5-17(6-2)12-13-18-15-19-20-21(18)14-10-8-7-9-11-16(3)4/h15-17H,5-14H2,1-4H3. The number of hydrogen-bond acceptors (Lipinski definition) is 2. The fourth-order valence-corrected chi connectivity index (χ4v) is 2.88. The van der Waals surface area contributed by atoms with Crippen molar-refractivity contribution in [3.63, 3.8) is 0 Å². The molecule has 0 fully saturated rings. The minimum Gasteiger partial charge on any atom is -0.249 e. The van der Waals surface area contributed by atoms with Gasteiger partial charge in [0.1, 0.15) is 0 Å². The molecule has 122 valence electrons. The Labute approximate surface area is 131 Å². The first-order valence-corrected chi connectivity index (χ1v) is 9.04. The Balaban J connectivity index is 2.22. The lowest BCUT2D eigenvalue weighted by Crippen LogP contribution is -2.08. The van der Waals surface area contributed by atoms with Crippen molar-refractivity contribution >= 4 is 0 Å². The van der Waals surface area contributed by atoms with Gasteiger partial charge in [-0.25, -0.2) is 4.68 Å². The van der Waals surface area contributed by atoms with Gasteiger partial charge in [-0.15, -0.1) is 5.10 Å². The summed E-state index contributed by atoms with van der Waals surface area (Å²) in [5.41, 5.74) is 1.32. The predicted molar refractivity (Wildman–Crippen MR) is 90.3 cm³/mol. The molecule has 3 heteroatoms. The summed E-state index contributed by atoms with van der Waals surface area (Å²) in [6, 6.07) is 0. The maximum atomic E-state index is 4.26. The average molecular weight is 293 g/mol. The minimum absolute atomic E-state index is 0.844. The van der Waals surface area contributed by atoms with Gasteiger partial charge in [0.15, 0.2) is 0 Å². The van der Waals surface area contributed by atoms with Crippen LogP contribution in [0.25, 0.3) is 0 Å². The Kier molecular flexibility index (Phi) is 9.36. The van der Waals surface area contributed by atoms with Crippen molar-refractivity contribution in [2.24, 2.45) is 11.8 Å². The lowest BCUT2D eigenvalue weighted by Gasteiger charge is -2.12. The summed E-state index contributed by atoms with van der Waals surface area (Å²) in [5, 5.41) is 8.36. The van der Waals surface area contributed by atoms with E-state index in [2.05, 4.69) is 42.7 Å². The van der Waals surface area contributed by atoms with Crippen molar-refractivity contribution in [3.8, 4) is 0 Å². The maximum absolute atomic E-state index is 4.26. The summed E-state index contributed by atoms with van der Waals surface area (Å²) in [4.78, 5) is 0. The van der Waals surface area contributed by atoms with Gasteiger partial charge in [0.2, 0.25) is 0 Å². The monoisotopic (exact) mass is 293 g/mol. The van der Waals surface area contributed by atoms with Crippen LogP contribution in [0.4, 0.5) is 0 Å². The summed E-state index contributed by atoms with van der Waals surface area (Å²) in [6.45, 7) is 10.2. The second kappa shape index (κ2) is 10.8. The molecule has 0 bridgehead atoms. The van der Waals surface area contributed by atoms with Gasteiger partial charge in [-0.1, -0.05) is 71.4 Å². The smallest absolute Gasteiger partial charge is 0.0725 e. The molecule has 3 nitrogen and oxygen atoms in total. The molecule has 0 radical (unpaired) electrons. The third-order valence-electron chi connectivity index (χ3n) is 4.56. The van der Waals surface area contributed by atoms with E-state index in [-0.39, 0.29) is 0 Å². The van der Waals surface area contributed by atoms with Crippen LogP contribution in [0.3, 0.4) is 0 Å². The number of nitrogens with zero attached hydrogens (tertiary/aromatic N) is 3. The van der Waals surface area contributed by atoms with Crippen molar-refractivity contribution in [2.45, 2.75) is 92.0 Å². The summed E-state index contributed by atoms with van der Waals surface area (Å²) < 4.78 is 2.13. The molecule has 1 aromatic rings. The van der Waals surface area contributed by atoms with E-state index in [1.807, 2.05) is 6.20 Å². The molecular formula is C18H35N3. The molecule has 0 aliphatic rings. The second-order valence-electron chi connectivity index (χ2n) is 6.77. The molecule has 0 aliphatic heterocycles. The lowest BCUT2D eigenvalue weighted by atomic mass is 9.97. The molecule has 0 unspecified atom stereocenters. The normalized spacial score (nSPS) is 11.7. The Morgan fingerprint density at radius 3 is 2.38 bits per heavy atom. The molecule has 0 N–H and O–H groups in total. The number of aryl methyl sites for hydroxylation is 2. The van der Waals surface area contributed by atoms with Gasteiger partial charge >= 0.3 is 0 Å². The number of hydrogen-bond donors (Lipinski definition) is 0. The Morgan fingerprint density at radius 1 is 1.00 bits per heavy atom. The number of rotatable bonds is 12. The van der Waals surface area contributed by atoms with Crippen molar-refractivity contribution < 1.29 is 0 Å². The molecule has 0 spiro atoms. The van der Waals surface area contributed by atoms with Gasteiger partial charge in [-0.05, 0) is 31.1 Å². The highest BCUT2D eigenvalue weighted by Crippen LogP contribution is 2.16. The second-order valence-corrected chi connectivity index (χ2v) is 6.77. The van der Waals surface area contributed by atoms with Crippen LogP contribution in [0.5, 0.6) is 0 Å². The van der Waals surface area contributed by atoms with E-state index in [1.54, 1.807) is 0 Å². The Morgan fingerprint density at radius 2 is 1.71 bits per heavy atom. The van der Waals surface area contributed by atoms with E-state index in [1.165, 1.54) is 57.1 Å². The van der Waals surface area contributed by atoms with Gasteiger partial charge in [0.05, 0.1) is 11.9 Å². The van der Waals surface area contributed by atoms with Crippen molar-refractivity contribution in [2.75, 3.05) is 0 Å². The van der Waals surface area contributed by atoms with Crippen molar-refractivity contribution in [3.05, 3.63) is 11.9 Å². The van der Waals surface area contributed by atoms with Gasteiger partial charge in [-0.2, -0.15) is 0 Å². The average Bonchev–Trinajstić information content (AvgIpc) is 2.91. The molecule has 0 saturated heterocycles. The van der Waals surface area contributed by atoms with Crippen LogP contribution >= 0.6 is 0 Å². The first-order valence-electron chi connectivity index (χ1n) is 9.04. The van der Waals surface area contributed by atoms with E-state index >= 15 is 0 Å². The van der Waals surface area contributed by atoms with Gasteiger partial charge in [-0.3, -0.25) is 0 Å². The van der Waals surface area contributed by atoms with Crippen LogP contribution in [-0.4, -0.2) is 15.0 Å². The fraction of sp³-hybridized carbons (Fsp3) is 0.889. The molecule has 0 aliphatic carbocycles. The highest BCUT2D eigenvalue weighted by molar-refractivity contribution is 4.94. The van der Waals surface area contributed by atoms with Gasteiger partial charge < -0.3 is 0 Å². The largest absolute Gasteiger partial charge is 0.249 e. The summed E-state index contributed by atoms with van der Waals surface area (Å²) in [5.74, 6) is 1.70. The van der Waals surface area contributed by atoms with Gasteiger partial charge in [0, 0.05) is 6.54 Å². The van der Waals surface area contributed by atoms with Crippen LogP contribution in [-0.2, 0) is 13.0 Å². The topological polar surface area (TPSA) is 30.7 Å². The van der Waals surface area contributed by atoms with Crippen LogP contribution in [0.1, 0.15) is 84.8 Å². The fourth-order valence-electron chi connectivity index (χ4n) is 2.88. The maximum Gasteiger partial charge on any atom is 0.0725 e. The number of unbranched alkanes of at least 4 members (excludes halogenated alkanes) is 3. The van der Waals surface area contributed by atoms with Crippen LogP contribution in [0.2, 0.25) is 0 Å². The molecule has 21 heavy (non-hydrogen) atoms. The Bertz CT molecular complexity index is 353. The third kappa shape index (κ3) is 7.63. The zero-order chi connectivity index (χ0) is 15.5. The quantitative estimate of drug-likeness (QED) is 0.492. The van der Waals surface area contributed by atoms with Crippen LogP contribution in [0.15, 0.2) is 6.20 Å². The molecule has 0 aromatic carbocycles. The minimum atomic E-state index is 0.844. The van der Waals surface area contributed by atoms with Crippen LogP contribution < -0.4 is 0 Å². The predicted octanol–water partition coefficient (Wildman–Crippen LogP) is 5.25. The SMILES string of the molecule is CCC(CC)CCc1cnnn1CCCCCCC(C)C. The summed E-state index contributed by atoms with van der Waals surface area (Å²) in [6.07, 6.45) is 13.6. The van der Waals surface area contributed by atoms with Crippen molar-refractivity contribution in [1.29, 1.82) is 0 Å². The summed E-state index contributed by atoms with van der Waals surface area (Å²) in [7, 11) is 0. The number of aromatic nitrogens is 3. The molecular weight excluding hydrogens is 258 g/mol. The van der Waals surface area contributed by atoms with E-state index < -0.39 is 0 Å². The molecule has 1 aromatic heterocycles. The van der Waals surface area contributed by atoms with Gasteiger partial charge in [0.25, 0.3) is 0 Å². The van der Waals surface area contributed by atoms with E-state index in [0.717, 1.165) is 24.8 Å². The zero-order valence-corrected chi connectivity index (χ0v) is 14.6. The van der Waals surface area contributed by atoms with Crippen LogP contribution in [0, 0.1) is 11.8 Å². The molecule has 0 amide bonds. The lowest BCUT2D eigenvalue weighted by molar-refractivity contribution is 0.438. The first-order chi connectivity index (χ1) is 10.2. The van der Waals surface area contributed by atoms with E-state index in [4.69, 9.17) is 0 Å². The third-order valence-corrected chi connectivity index (χ3v) is 4.56. The molecule has 0 saturated carbocycles. The molecule has 1 rings (SSSR count). The highest BCUT2D eigenvalue weighted by atomic mass is 15.4.